The predicted molar refractivity (Wildman–Crippen MR) is 109 cm³/mol. The Labute approximate surface area is 156 Å². The van der Waals surface area contributed by atoms with Crippen molar-refractivity contribution in [3.8, 4) is 11.5 Å². The molecule has 3 aromatic rings. The van der Waals surface area contributed by atoms with Gasteiger partial charge in [-0.1, -0.05) is 55.5 Å². The van der Waals surface area contributed by atoms with Crippen molar-refractivity contribution in [1.82, 2.24) is 5.32 Å². The van der Waals surface area contributed by atoms with Crippen LogP contribution in [0.1, 0.15) is 24.9 Å². The van der Waals surface area contributed by atoms with Gasteiger partial charge in [-0.3, -0.25) is 0 Å². The number of rotatable bonds is 9. The van der Waals surface area contributed by atoms with Gasteiger partial charge in [0.1, 0.15) is 11.5 Å². The summed E-state index contributed by atoms with van der Waals surface area (Å²) in [6.07, 6.45) is 1.08. The minimum Gasteiger partial charge on any atom is -0.457 e. The molecule has 0 heterocycles. The summed E-state index contributed by atoms with van der Waals surface area (Å²) in [4.78, 5) is 0. The van der Waals surface area contributed by atoms with E-state index in [1.807, 2.05) is 54.6 Å². The van der Waals surface area contributed by atoms with Gasteiger partial charge in [-0.15, -0.1) is 0 Å². The van der Waals surface area contributed by atoms with Gasteiger partial charge in [-0.05, 0) is 48.4 Å². The van der Waals surface area contributed by atoms with Crippen LogP contribution in [0.4, 0.5) is 5.69 Å². The molecular formula is C23H26N2O. The van der Waals surface area contributed by atoms with E-state index in [-0.39, 0.29) is 0 Å². The van der Waals surface area contributed by atoms with Crippen LogP contribution in [0.2, 0.25) is 0 Å². The van der Waals surface area contributed by atoms with Gasteiger partial charge in [0.2, 0.25) is 0 Å². The second-order valence-electron chi connectivity index (χ2n) is 6.19. The molecule has 0 radical (unpaired) electrons. The molecular weight excluding hydrogens is 320 g/mol. The molecule has 134 valence electrons. The van der Waals surface area contributed by atoms with Gasteiger partial charge < -0.3 is 15.4 Å². The molecule has 3 rings (SSSR count). The van der Waals surface area contributed by atoms with Gasteiger partial charge in [-0.25, -0.2) is 0 Å². The van der Waals surface area contributed by atoms with Crippen LogP contribution in [0.15, 0.2) is 84.9 Å². The van der Waals surface area contributed by atoms with Crippen molar-refractivity contribution in [3.05, 3.63) is 90.5 Å². The Morgan fingerprint density at radius 3 is 2.00 bits per heavy atom. The first-order valence-corrected chi connectivity index (χ1v) is 9.20. The van der Waals surface area contributed by atoms with Gasteiger partial charge in [-0.2, -0.15) is 0 Å². The molecule has 0 amide bonds. The Morgan fingerprint density at radius 1 is 0.731 bits per heavy atom. The summed E-state index contributed by atoms with van der Waals surface area (Å²) in [6.45, 7) is 4.00. The maximum atomic E-state index is 5.81. The fourth-order valence-corrected chi connectivity index (χ4v) is 2.90. The second kappa shape index (κ2) is 9.64. The summed E-state index contributed by atoms with van der Waals surface area (Å²) in [5.41, 5.74) is 2.44. The van der Waals surface area contributed by atoms with Crippen molar-refractivity contribution in [2.24, 2.45) is 0 Å². The van der Waals surface area contributed by atoms with Crippen molar-refractivity contribution in [2.75, 3.05) is 18.4 Å². The molecule has 0 aliphatic rings. The molecule has 0 aromatic heterocycles. The molecule has 1 unspecified atom stereocenters. The zero-order valence-electron chi connectivity index (χ0n) is 15.2. The third-order valence-corrected chi connectivity index (χ3v) is 4.29. The van der Waals surface area contributed by atoms with Gasteiger partial charge >= 0.3 is 0 Å². The number of anilines is 1. The Bertz CT molecular complexity index is 757. The first-order chi connectivity index (χ1) is 12.8. The lowest BCUT2D eigenvalue weighted by Gasteiger charge is -2.18. The predicted octanol–water partition coefficient (Wildman–Crippen LogP) is 5.63. The molecule has 0 fully saturated rings. The Hall–Kier alpha value is -2.78. The highest BCUT2D eigenvalue weighted by atomic mass is 16.5. The summed E-state index contributed by atoms with van der Waals surface area (Å²) in [6, 6.07) is 28.9. The number of hydrogen-bond donors (Lipinski definition) is 2. The summed E-state index contributed by atoms with van der Waals surface area (Å²) >= 11 is 0. The molecule has 0 saturated heterocycles. The minimum atomic E-state index is 0.402. The van der Waals surface area contributed by atoms with E-state index in [4.69, 9.17) is 4.74 Å². The van der Waals surface area contributed by atoms with Crippen molar-refractivity contribution < 1.29 is 4.74 Å². The Balaban J connectivity index is 1.43. The highest BCUT2D eigenvalue weighted by Gasteiger charge is 2.07. The molecule has 0 aliphatic carbocycles. The van der Waals surface area contributed by atoms with Crippen molar-refractivity contribution in [2.45, 2.75) is 19.4 Å². The van der Waals surface area contributed by atoms with E-state index in [1.54, 1.807) is 0 Å². The van der Waals surface area contributed by atoms with Crippen LogP contribution in [0.3, 0.4) is 0 Å². The molecule has 26 heavy (non-hydrogen) atoms. The standard InChI is InChI=1S/C23H26N2O/c1-2-23(19-9-5-3-6-10-19)25-18-17-24-20-13-15-22(16-14-20)26-21-11-7-4-8-12-21/h3-16,23-25H,2,17-18H2,1H3. The Morgan fingerprint density at radius 2 is 1.35 bits per heavy atom. The van der Waals surface area contributed by atoms with Gasteiger partial charge in [0.05, 0.1) is 0 Å². The van der Waals surface area contributed by atoms with Crippen LogP contribution >= 0.6 is 0 Å². The first-order valence-electron chi connectivity index (χ1n) is 9.20. The van der Waals surface area contributed by atoms with E-state index in [2.05, 4.69) is 47.9 Å². The number of benzene rings is 3. The minimum absolute atomic E-state index is 0.402. The highest BCUT2D eigenvalue weighted by Crippen LogP contribution is 2.22. The van der Waals surface area contributed by atoms with E-state index in [1.165, 1.54) is 5.56 Å². The summed E-state index contributed by atoms with van der Waals surface area (Å²) in [5.74, 6) is 1.69. The van der Waals surface area contributed by atoms with Gasteiger partial charge in [0.25, 0.3) is 0 Å². The van der Waals surface area contributed by atoms with E-state index in [9.17, 15) is 0 Å². The van der Waals surface area contributed by atoms with Gasteiger partial charge in [0, 0.05) is 24.8 Å². The SMILES string of the molecule is CCC(NCCNc1ccc(Oc2ccccc2)cc1)c1ccccc1. The fourth-order valence-electron chi connectivity index (χ4n) is 2.90. The average molecular weight is 346 g/mol. The lowest BCUT2D eigenvalue weighted by molar-refractivity contribution is 0.483. The number of ether oxygens (including phenoxy) is 1. The van der Waals surface area contributed by atoms with E-state index in [0.29, 0.717) is 6.04 Å². The normalized spacial score (nSPS) is 11.7. The zero-order chi connectivity index (χ0) is 18.0. The summed E-state index contributed by atoms with van der Waals surface area (Å²) in [5, 5.41) is 7.06. The van der Waals surface area contributed by atoms with Crippen molar-refractivity contribution in [3.63, 3.8) is 0 Å². The Kier molecular flexibility index (Phi) is 6.68. The molecule has 1 atom stereocenters. The maximum Gasteiger partial charge on any atom is 0.127 e. The molecule has 0 spiro atoms. The van der Waals surface area contributed by atoms with Crippen LogP contribution < -0.4 is 15.4 Å². The molecule has 0 bridgehead atoms. The topological polar surface area (TPSA) is 33.3 Å². The molecule has 3 aromatic carbocycles. The van der Waals surface area contributed by atoms with E-state index < -0.39 is 0 Å². The largest absolute Gasteiger partial charge is 0.457 e. The average Bonchev–Trinajstić information content (AvgIpc) is 2.71. The van der Waals surface area contributed by atoms with Crippen LogP contribution in [-0.2, 0) is 0 Å². The number of hydrogen-bond acceptors (Lipinski definition) is 3. The van der Waals surface area contributed by atoms with Crippen LogP contribution in [0.25, 0.3) is 0 Å². The lowest BCUT2D eigenvalue weighted by atomic mass is 10.0. The van der Waals surface area contributed by atoms with Crippen LogP contribution in [0.5, 0.6) is 11.5 Å². The molecule has 3 heteroatoms. The second-order valence-corrected chi connectivity index (χ2v) is 6.19. The number of para-hydroxylation sites is 1. The van der Waals surface area contributed by atoms with Crippen molar-refractivity contribution in [1.29, 1.82) is 0 Å². The zero-order valence-corrected chi connectivity index (χ0v) is 15.2. The monoisotopic (exact) mass is 346 g/mol. The quantitative estimate of drug-likeness (QED) is 0.493. The molecule has 0 saturated carbocycles. The molecule has 2 N–H and O–H groups in total. The third-order valence-electron chi connectivity index (χ3n) is 4.29. The fraction of sp³-hybridized carbons (Fsp3) is 0.217. The van der Waals surface area contributed by atoms with E-state index >= 15 is 0 Å². The number of nitrogens with one attached hydrogen (secondary N) is 2. The van der Waals surface area contributed by atoms with Gasteiger partial charge in [0.15, 0.2) is 0 Å². The smallest absolute Gasteiger partial charge is 0.127 e. The van der Waals surface area contributed by atoms with Crippen LogP contribution in [-0.4, -0.2) is 13.1 Å². The lowest BCUT2D eigenvalue weighted by Crippen LogP contribution is -2.26. The molecule has 0 aliphatic heterocycles. The summed E-state index contributed by atoms with van der Waals surface area (Å²) in [7, 11) is 0. The summed E-state index contributed by atoms with van der Waals surface area (Å²) < 4.78 is 5.81. The van der Waals surface area contributed by atoms with Crippen LogP contribution in [0, 0.1) is 0 Å². The third kappa shape index (κ3) is 5.36. The van der Waals surface area contributed by atoms with Crippen molar-refractivity contribution >= 4 is 5.69 Å². The first kappa shape index (κ1) is 18.0. The maximum absolute atomic E-state index is 5.81. The molecule has 3 nitrogen and oxygen atoms in total. The van der Waals surface area contributed by atoms with E-state index in [0.717, 1.165) is 36.7 Å². The highest BCUT2D eigenvalue weighted by molar-refractivity contribution is 5.47.